The van der Waals surface area contributed by atoms with E-state index in [0.29, 0.717) is 17.3 Å². The molecule has 0 unspecified atom stereocenters. The van der Waals surface area contributed by atoms with Crippen molar-refractivity contribution in [2.24, 2.45) is 0 Å². The summed E-state index contributed by atoms with van der Waals surface area (Å²) in [7, 11) is -1.62. The third-order valence-corrected chi connectivity index (χ3v) is 3.16. The van der Waals surface area contributed by atoms with Gasteiger partial charge >= 0.3 is 13.1 Å². The van der Waals surface area contributed by atoms with Gasteiger partial charge in [-0.2, -0.15) is 0 Å². The van der Waals surface area contributed by atoms with Gasteiger partial charge in [-0.25, -0.2) is 4.79 Å². The number of halogens is 1. The molecule has 0 aromatic heterocycles. The molecule has 21 heavy (non-hydrogen) atoms. The van der Waals surface area contributed by atoms with E-state index in [4.69, 9.17) is 21.6 Å². The Bertz CT molecular complexity index is 623. The number of benzene rings is 2. The van der Waals surface area contributed by atoms with Crippen LogP contribution in [0.4, 0.5) is 10.5 Å². The van der Waals surface area contributed by atoms with Crippen molar-refractivity contribution >= 4 is 35.9 Å². The van der Waals surface area contributed by atoms with Crippen molar-refractivity contribution in [3.05, 3.63) is 59.1 Å². The van der Waals surface area contributed by atoms with Crippen LogP contribution in [-0.2, 0) is 6.54 Å². The summed E-state index contributed by atoms with van der Waals surface area (Å²) < 4.78 is 0. The van der Waals surface area contributed by atoms with Crippen molar-refractivity contribution in [1.29, 1.82) is 0 Å². The molecule has 2 rings (SSSR count). The number of carbonyl (C=O) groups is 1. The molecular weight excluding hydrogens is 290 g/mol. The lowest BCUT2D eigenvalue weighted by Crippen LogP contribution is -2.32. The molecule has 4 N–H and O–H groups in total. The van der Waals surface area contributed by atoms with E-state index >= 15 is 0 Å². The third-order valence-electron chi connectivity index (χ3n) is 2.83. The third kappa shape index (κ3) is 4.49. The quantitative estimate of drug-likeness (QED) is 0.644. The fourth-order valence-corrected chi connectivity index (χ4v) is 1.91. The first-order valence-corrected chi connectivity index (χ1v) is 6.68. The lowest BCUT2D eigenvalue weighted by atomic mass is 9.80. The summed E-state index contributed by atoms with van der Waals surface area (Å²) in [5, 5.41) is 23.8. The van der Waals surface area contributed by atoms with E-state index in [-0.39, 0.29) is 5.46 Å². The molecule has 7 heteroatoms. The van der Waals surface area contributed by atoms with Crippen LogP contribution in [0.5, 0.6) is 0 Å². The van der Waals surface area contributed by atoms with Gasteiger partial charge in [-0.3, -0.25) is 0 Å². The van der Waals surface area contributed by atoms with Gasteiger partial charge in [-0.1, -0.05) is 48.0 Å². The van der Waals surface area contributed by atoms with Crippen molar-refractivity contribution < 1.29 is 14.8 Å². The van der Waals surface area contributed by atoms with Crippen LogP contribution in [0.3, 0.4) is 0 Å². The summed E-state index contributed by atoms with van der Waals surface area (Å²) >= 11 is 5.96. The van der Waals surface area contributed by atoms with Crippen molar-refractivity contribution in [2.45, 2.75) is 6.54 Å². The highest BCUT2D eigenvalue weighted by atomic mass is 35.5. The molecule has 0 bridgehead atoms. The number of hydrogen-bond donors (Lipinski definition) is 4. The molecule has 5 nitrogen and oxygen atoms in total. The number of carbonyl (C=O) groups excluding carboxylic acids is 1. The standard InChI is InChI=1S/C14H14BClN2O3/c16-12-7-6-11(15(20)21)8-13(12)18-14(19)17-9-10-4-2-1-3-5-10/h1-8,20-21H,9H2,(H2,17,18,19). The van der Waals surface area contributed by atoms with Gasteiger partial charge in [0.1, 0.15) is 0 Å². The number of nitrogens with one attached hydrogen (secondary N) is 2. The molecule has 2 aromatic carbocycles. The molecule has 0 aliphatic rings. The molecular formula is C14H14BClN2O3. The minimum absolute atomic E-state index is 0.248. The zero-order chi connectivity index (χ0) is 15.2. The molecule has 2 amide bonds. The number of urea groups is 1. The van der Waals surface area contributed by atoms with Crippen LogP contribution in [0.25, 0.3) is 0 Å². The van der Waals surface area contributed by atoms with Gasteiger partial charge in [0.25, 0.3) is 0 Å². The van der Waals surface area contributed by atoms with Gasteiger partial charge < -0.3 is 20.7 Å². The Morgan fingerprint density at radius 3 is 2.52 bits per heavy atom. The van der Waals surface area contributed by atoms with Crippen LogP contribution < -0.4 is 16.1 Å². The number of amides is 2. The average molecular weight is 305 g/mol. The molecule has 0 aliphatic carbocycles. The van der Waals surface area contributed by atoms with Crippen molar-refractivity contribution in [1.82, 2.24) is 5.32 Å². The Labute approximate surface area is 127 Å². The molecule has 108 valence electrons. The van der Waals surface area contributed by atoms with Gasteiger partial charge in [0.05, 0.1) is 10.7 Å². The highest BCUT2D eigenvalue weighted by molar-refractivity contribution is 6.59. The Hall–Kier alpha value is -2.02. The lowest BCUT2D eigenvalue weighted by molar-refractivity contribution is 0.251. The molecule has 0 saturated carbocycles. The molecule has 0 atom stereocenters. The number of rotatable bonds is 4. The Kier molecular flexibility index (Phi) is 5.22. The van der Waals surface area contributed by atoms with Crippen LogP contribution in [0, 0.1) is 0 Å². The molecule has 0 radical (unpaired) electrons. The normalized spacial score (nSPS) is 10.0. The summed E-state index contributed by atoms with van der Waals surface area (Å²) in [5.74, 6) is 0. The molecule has 0 spiro atoms. The maximum atomic E-state index is 11.8. The topological polar surface area (TPSA) is 81.6 Å². The molecule has 0 saturated heterocycles. The largest absolute Gasteiger partial charge is 0.488 e. The van der Waals surface area contributed by atoms with Crippen molar-refractivity contribution in [3.63, 3.8) is 0 Å². The van der Waals surface area contributed by atoms with Gasteiger partial charge in [0, 0.05) is 6.54 Å². The average Bonchev–Trinajstić information content (AvgIpc) is 2.48. The minimum Gasteiger partial charge on any atom is -0.423 e. The van der Waals surface area contributed by atoms with E-state index in [9.17, 15) is 4.79 Å². The van der Waals surface area contributed by atoms with E-state index in [2.05, 4.69) is 10.6 Å². The maximum absolute atomic E-state index is 11.8. The zero-order valence-electron chi connectivity index (χ0n) is 11.1. The highest BCUT2D eigenvalue weighted by Gasteiger charge is 2.14. The molecule has 0 fully saturated rings. The van der Waals surface area contributed by atoms with E-state index in [0.717, 1.165) is 5.56 Å². The summed E-state index contributed by atoms with van der Waals surface area (Å²) in [6.45, 7) is 0.382. The van der Waals surface area contributed by atoms with Gasteiger partial charge in [-0.15, -0.1) is 0 Å². The Balaban J connectivity index is 1.98. The number of anilines is 1. The summed E-state index contributed by atoms with van der Waals surface area (Å²) in [6.07, 6.45) is 0. The predicted octanol–water partition coefficient (Wildman–Crippen LogP) is 1.34. The fourth-order valence-electron chi connectivity index (χ4n) is 1.74. The van der Waals surface area contributed by atoms with Gasteiger partial charge in [0.15, 0.2) is 0 Å². The fraction of sp³-hybridized carbons (Fsp3) is 0.0714. The summed E-state index contributed by atoms with van der Waals surface area (Å²) in [6, 6.07) is 13.4. The van der Waals surface area contributed by atoms with Crippen LogP contribution >= 0.6 is 11.6 Å². The second-order valence-electron chi connectivity index (χ2n) is 4.41. The van der Waals surface area contributed by atoms with E-state index < -0.39 is 13.1 Å². The van der Waals surface area contributed by atoms with Gasteiger partial charge in [-0.05, 0) is 23.2 Å². The first-order valence-electron chi connectivity index (χ1n) is 6.30. The first kappa shape index (κ1) is 15.4. The monoisotopic (exact) mass is 304 g/mol. The zero-order valence-corrected chi connectivity index (χ0v) is 11.8. The van der Waals surface area contributed by atoms with E-state index in [1.807, 2.05) is 30.3 Å². The van der Waals surface area contributed by atoms with Crippen LogP contribution in [-0.4, -0.2) is 23.2 Å². The Morgan fingerprint density at radius 1 is 1.14 bits per heavy atom. The molecule has 0 heterocycles. The Morgan fingerprint density at radius 2 is 1.86 bits per heavy atom. The second-order valence-corrected chi connectivity index (χ2v) is 4.81. The van der Waals surface area contributed by atoms with Gasteiger partial charge in [0.2, 0.25) is 0 Å². The molecule has 2 aromatic rings. The van der Waals surface area contributed by atoms with Crippen molar-refractivity contribution in [3.8, 4) is 0 Å². The molecule has 0 aliphatic heterocycles. The van der Waals surface area contributed by atoms with Crippen LogP contribution in [0.15, 0.2) is 48.5 Å². The predicted molar refractivity (Wildman–Crippen MR) is 83.6 cm³/mol. The van der Waals surface area contributed by atoms with Crippen LogP contribution in [0.1, 0.15) is 5.56 Å². The lowest BCUT2D eigenvalue weighted by Gasteiger charge is -2.10. The second kappa shape index (κ2) is 7.13. The highest BCUT2D eigenvalue weighted by Crippen LogP contribution is 2.19. The minimum atomic E-state index is -1.62. The van der Waals surface area contributed by atoms with E-state index in [1.54, 1.807) is 0 Å². The van der Waals surface area contributed by atoms with E-state index in [1.165, 1.54) is 18.2 Å². The SMILES string of the molecule is O=C(NCc1ccccc1)Nc1cc(B(O)O)ccc1Cl. The number of hydrogen-bond acceptors (Lipinski definition) is 3. The first-order chi connectivity index (χ1) is 10.1. The smallest absolute Gasteiger partial charge is 0.423 e. The maximum Gasteiger partial charge on any atom is 0.488 e. The summed E-state index contributed by atoms with van der Waals surface area (Å²) in [5.41, 5.74) is 1.53. The van der Waals surface area contributed by atoms with Crippen LogP contribution in [0.2, 0.25) is 5.02 Å². The summed E-state index contributed by atoms with van der Waals surface area (Å²) in [4.78, 5) is 11.8. The van der Waals surface area contributed by atoms with Crippen molar-refractivity contribution in [2.75, 3.05) is 5.32 Å².